The Bertz CT molecular complexity index is 841. The summed E-state index contributed by atoms with van der Waals surface area (Å²) in [5.74, 6) is 1.09. The van der Waals surface area contributed by atoms with E-state index in [9.17, 15) is 9.59 Å². The van der Waals surface area contributed by atoms with E-state index in [0.29, 0.717) is 42.6 Å². The highest BCUT2D eigenvalue weighted by molar-refractivity contribution is 6.17. The summed E-state index contributed by atoms with van der Waals surface area (Å²) >= 11 is 5.83. The molecule has 33 heavy (non-hydrogen) atoms. The van der Waals surface area contributed by atoms with E-state index in [2.05, 4.69) is 25.1 Å². The van der Waals surface area contributed by atoms with Crippen LogP contribution in [0.15, 0.2) is 16.8 Å². The van der Waals surface area contributed by atoms with Gasteiger partial charge in [0.2, 0.25) is 0 Å². The van der Waals surface area contributed by atoms with Crippen molar-refractivity contribution in [2.75, 3.05) is 12.5 Å². The van der Waals surface area contributed by atoms with E-state index in [0.717, 1.165) is 24.1 Å². The predicted molar refractivity (Wildman–Crippen MR) is 127 cm³/mol. The molecule has 3 fully saturated rings. The van der Waals surface area contributed by atoms with Crippen molar-refractivity contribution in [2.24, 2.45) is 33.7 Å². The lowest BCUT2D eigenvalue weighted by molar-refractivity contribution is -0.168. The largest absolute Gasteiger partial charge is 0.462 e. The summed E-state index contributed by atoms with van der Waals surface area (Å²) in [6.45, 7) is 8.10. The zero-order valence-corrected chi connectivity index (χ0v) is 21.2. The van der Waals surface area contributed by atoms with Crippen molar-refractivity contribution in [2.45, 2.75) is 91.3 Å². The highest BCUT2D eigenvalue weighted by Crippen LogP contribution is 2.64. The Morgan fingerprint density at radius 1 is 1.12 bits per heavy atom. The lowest BCUT2D eigenvalue weighted by atomic mass is 9.47. The van der Waals surface area contributed by atoms with Crippen LogP contribution >= 0.6 is 11.6 Å². The number of hydrogen-bond acceptors (Lipinski definition) is 6. The Morgan fingerprint density at radius 3 is 2.58 bits per heavy atom. The minimum atomic E-state index is -0.323. The van der Waals surface area contributed by atoms with Gasteiger partial charge in [0.15, 0.2) is 0 Å². The first kappa shape index (κ1) is 24.6. The number of oxime groups is 1. The van der Waals surface area contributed by atoms with Crippen LogP contribution in [-0.2, 0) is 23.9 Å². The van der Waals surface area contributed by atoms with Gasteiger partial charge in [-0.15, -0.1) is 11.6 Å². The smallest absolute Gasteiger partial charge is 0.302 e. The van der Waals surface area contributed by atoms with E-state index in [4.69, 9.17) is 25.9 Å². The molecule has 0 aromatic heterocycles. The molecule has 0 saturated heterocycles. The maximum absolute atomic E-state index is 12.1. The van der Waals surface area contributed by atoms with Gasteiger partial charge >= 0.3 is 11.9 Å². The fourth-order valence-electron chi connectivity index (χ4n) is 7.44. The topological polar surface area (TPSA) is 74.2 Å². The SMILES string of the molecule is CC(=O)O[C@@H]1CC2=CC(=NOCCCCl)[C@H]3[C@@H]4CCC[C@@]4(C)CC[C@@H]3[C@@]2(C)[C@H](OC(C)=O)C1. The molecule has 7 atom stereocenters. The third kappa shape index (κ3) is 4.56. The minimum absolute atomic E-state index is 0.277. The minimum Gasteiger partial charge on any atom is -0.462 e. The summed E-state index contributed by atoms with van der Waals surface area (Å²) < 4.78 is 11.6. The molecule has 0 unspecified atom stereocenters. The molecule has 184 valence electrons. The van der Waals surface area contributed by atoms with Crippen LogP contribution in [0.3, 0.4) is 0 Å². The van der Waals surface area contributed by atoms with Crippen molar-refractivity contribution < 1.29 is 23.9 Å². The van der Waals surface area contributed by atoms with Crippen molar-refractivity contribution in [3.05, 3.63) is 11.6 Å². The van der Waals surface area contributed by atoms with E-state index >= 15 is 0 Å². The number of nitrogens with zero attached hydrogens (tertiary/aromatic N) is 1. The van der Waals surface area contributed by atoms with Gasteiger partial charge in [0.25, 0.3) is 0 Å². The zero-order chi connectivity index (χ0) is 23.8. The molecule has 0 bridgehead atoms. The van der Waals surface area contributed by atoms with E-state index in [-0.39, 0.29) is 35.5 Å². The van der Waals surface area contributed by atoms with Crippen LogP contribution in [0.2, 0.25) is 0 Å². The van der Waals surface area contributed by atoms with Crippen molar-refractivity contribution in [1.29, 1.82) is 0 Å². The normalized spacial score (nSPS) is 40.8. The van der Waals surface area contributed by atoms with E-state index in [1.54, 1.807) is 0 Å². The molecule has 0 aromatic carbocycles. The number of fused-ring (bicyclic) bond motifs is 5. The average Bonchev–Trinajstić information content (AvgIpc) is 3.13. The Hall–Kier alpha value is -1.56. The van der Waals surface area contributed by atoms with Gasteiger partial charge in [-0.1, -0.05) is 31.0 Å². The number of esters is 2. The van der Waals surface area contributed by atoms with Gasteiger partial charge in [0, 0.05) is 43.9 Å². The second-order valence-electron chi connectivity index (χ2n) is 10.9. The number of halogens is 1. The Kier molecular flexibility index (Phi) is 7.14. The number of rotatable bonds is 6. The quantitative estimate of drug-likeness (QED) is 0.220. The number of alkyl halides is 1. The molecule has 0 spiro atoms. The van der Waals surface area contributed by atoms with Gasteiger partial charge in [-0.05, 0) is 55.4 Å². The van der Waals surface area contributed by atoms with Gasteiger partial charge in [-0.25, -0.2) is 0 Å². The van der Waals surface area contributed by atoms with Crippen molar-refractivity contribution >= 4 is 29.3 Å². The summed E-state index contributed by atoms with van der Waals surface area (Å²) in [7, 11) is 0. The predicted octanol–water partition coefficient (Wildman–Crippen LogP) is 5.42. The Labute approximate surface area is 202 Å². The first-order chi connectivity index (χ1) is 15.7. The number of carbonyl (C=O) groups excluding carboxylic acids is 2. The molecule has 6 nitrogen and oxygen atoms in total. The first-order valence-electron chi connectivity index (χ1n) is 12.5. The lowest BCUT2D eigenvalue weighted by Crippen LogP contribution is -2.58. The van der Waals surface area contributed by atoms with Gasteiger partial charge in [-0.2, -0.15) is 0 Å². The summed E-state index contributed by atoms with van der Waals surface area (Å²) in [6.07, 6.45) is 9.45. The molecule has 0 radical (unpaired) electrons. The third-order valence-corrected chi connectivity index (χ3v) is 9.22. The molecule has 3 saturated carbocycles. The van der Waals surface area contributed by atoms with Crippen molar-refractivity contribution in [1.82, 2.24) is 0 Å². The molecular formula is C26H38ClNO5. The summed E-state index contributed by atoms with van der Waals surface area (Å²) in [5, 5.41) is 4.66. The molecule has 4 rings (SSSR count). The fourth-order valence-corrected chi connectivity index (χ4v) is 7.55. The standard InChI is InChI=1S/C26H38ClNO5/c1-16(29)32-19-13-18-14-22(28-31-12-6-11-27)24-20-7-5-9-25(20,3)10-8-21(24)26(18,4)23(15-19)33-17(2)30/h14,19-21,23-24H,5-13,15H2,1-4H3/t19-,20+,21+,23-,24+,25+,26+/m1/s1. The highest BCUT2D eigenvalue weighted by Gasteiger charge is 2.61. The van der Waals surface area contributed by atoms with E-state index in [1.807, 2.05) is 0 Å². The van der Waals surface area contributed by atoms with E-state index < -0.39 is 0 Å². The number of ether oxygens (including phenoxy) is 2. The molecule has 0 aliphatic heterocycles. The average molecular weight is 480 g/mol. The second-order valence-corrected chi connectivity index (χ2v) is 11.3. The molecule has 0 amide bonds. The first-order valence-corrected chi connectivity index (χ1v) is 13.0. The van der Waals surface area contributed by atoms with Crippen LogP contribution in [0.5, 0.6) is 0 Å². The number of carbonyl (C=O) groups is 2. The van der Waals surface area contributed by atoms with Crippen LogP contribution in [0.1, 0.15) is 79.1 Å². The Balaban J connectivity index is 1.76. The van der Waals surface area contributed by atoms with Crippen LogP contribution in [0.25, 0.3) is 0 Å². The second kappa shape index (κ2) is 9.59. The van der Waals surface area contributed by atoms with Gasteiger partial charge in [-0.3, -0.25) is 9.59 Å². The van der Waals surface area contributed by atoms with E-state index in [1.165, 1.54) is 39.5 Å². The van der Waals surface area contributed by atoms with Gasteiger partial charge in [0.05, 0.1) is 5.71 Å². The number of hydrogen-bond donors (Lipinski definition) is 0. The summed E-state index contributed by atoms with van der Waals surface area (Å²) in [6, 6.07) is 0. The van der Waals surface area contributed by atoms with Crippen molar-refractivity contribution in [3.63, 3.8) is 0 Å². The lowest BCUT2D eigenvalue weighted by Gasteiger charge is -2.59. The third-order valence-electron chi connectivity index (χ3n) is 8.95. The zero-order valence-electron chi connectivity index (χ0n) is 20.4. The monoisotopic (exact) mass is 479 g/mol. The molecular weight excluding hydrogens is 442 g/mol. The molecule has 0 aromatic rings. The van der Waals surface area contributed by atoms with Gasteiger partial charge in [0.1, 0.15) is 18.8 Å². The van der Waals surface area contributed by atoms with Crippen LogP contribution < -0.4 is 0 Å². The molecule has 4 aliphatic carbocycles. The maximum atomic E-state index is 12.1. The van der Waals surface area contributed by atoms with Crippen molar-refractivity contribution in [3.8, 4) is 0 Å². The molecule has 0 N–H and O–H groups in total. The van der Waals surface area contributed by atoms with Gasteiger partial charge < -0.3 is 14.3 Å². The highest BCUT2D eigenvalue weighted by atomic mass is 35.5. The molecule has 0 heterocycles. The number of allylic oxidation sites excluding steroid dienone is 1. The fraction of sp³-hybridized carbons (Fsp3) is 0.808. The van der Waals surface area contributed by atoms with Crippen LogP contribution in [-0.4, -0.2) is 42.3 Å². The van der Waals surface area contributed by atoms with Crippen LogP contribution in [0.4, 0.5) is 0 Å². The summed E-state index contributed by atoms with van der Waals surface area (Å²) in [4.78, 5) is 29.6. The van der Waals surface area contributed by atoms with Crippen LogP contribution in [0, 0.1) is 28.6 Å². The molecule has 7 heteroatoms. The Morgan fingerprint density at radius 2 is 1.88 bits per heavy atom. The molecule has 4 aliphatic rings. The summed E-state index contributed by atoms with van der Waals surface area (Å²) in [5.41, 5.74) is 2.19. The maximum Gasteiger partial charge on any atom is 0.302 e.